The summed E-state index contributed by atoms with van der Waals surface area (Å²) in [4.78, 5) is 27.3. The van der Waals surface area contributed by atoms with Crippen molar-refractivity contribution < 1.29 is 14.3 Å². The van der Waals surface area contributed by atoms with Gasteiger partial charge in [-0.1, -0.05) is 50.7 Å². The summed E-state index contributed by atoms with van der Waals surface area (Å²) in [5.74, 6) is 0.814. The zero-order chi connectivity index (χ0) is 22.3. The molecule has 2 fully saturated rings. The van der Waals surface area contributed by atoms with Crippen molar-refractivity contribution in [1.29, 1.82) is 0 Å². The minimum absolute atomic E-state index is 0.0320. The van der Waals surface area contributed by atoms with Gasteiger partial charge in [-0.2, -0.15) is 0 Å². The van der Waals surface area contributed by atoms with Crippen LogP contribution in [-0.4, -0.2) is 42.5 Å². The minimum Gasteiger partial charge on any atom is -0.465 e. The second-order valence-corrected chi connectivity index (χ2v) is 10.2. The summed E-state index contributed by atoms with van der Waals surface area (Å²) < 4.78 is 5.84. The molecule has 4 bridgehead atoms. The number of rotatable bonds is 0. The molecule has 0 aromatic heterocycles. The van der Waals surface area contributed by atoms with Gasteiger partial charge in [-0.05, 0) is 62.8 Å². The molecule has 0 spiro atoms. The number of amides is 1. The maximum atomic E-state index is 12.4. The molecule has 1 N–H and O–H groups in total. The molecule has 4 aliphatic heterocycles. The van der Waals surface area contributed by atoms with E-state index in [9.17, 15) is 9.59 Å². The number of esters is 1. The van der Waals surface area contributed by atoms with Gasteiger partial charge < -0.3 is 15.0 Å². The number of nitrogens with zero attached hydrogens (tertiary/aromatic N) is 1. The maximum absolute atomic E-state index is 12.4. The average Bonchev–Trinajstić information content (AvgIpc) is 3.02. The Morgan fingerprint density at radius 2 is 1.53 bits per heavy atom. The third kappa shape index (κ3) is 5.92. The number of anilines is 1. The molecule has 32 heavy (non-hydrogen) atoms. The monoisotopic (exact) mass is 440 g/mol. The fourth-order valence-corrected chi connectivity index (χ4v) is 6.10. The lowest BCUT2D eigenvalue weighted by molar-refractivity contribution is -0.146. The quantitative estimate of drug-likeness (QED) is 0.530. The Morgan fingerprint density at radius 3 is 2.25 bits per heavy atom. The number of carbonyl (C=O) groups is 2. The molecule has 0 aliphatic carbocycles. The molecule has 4 atom stereocenters. The molecule has 5 heteroatoms. The highest BCUT2D eigenvalue weighted by molar-refractivity contribution is 5.90. The number of fused-ring (bicyclic) bond motifs is 18. The predicted octanol–water partition coefficient (Wildman–Crippen LogP) is 5.65. The van der Waals surface area contributed by atoms with E-state index in [0.717, 1.165) is 37.8 Å². The fraction of sp³-hybridized carbons (Fsp3) is 0.704. The fourth-order valence-electron chi connectivity index (χ4n) is 6.10. The molecule has 4 heterocycles. The summed E-state index contributed by atoms with van der Waals surface area (Å²) in [6, 6.07) is 9.52. The van der Waals surface area contributed by atoms with Crippen LogP contribution in [0.1, 0.15) is 95.0 Å². The molecule has 4 aliphatic rings. The zero-order valence-corrected chi connectivity index (χ0v) is 19.7. The van der Waals surface area contributed by atoms with Crippen molar-refractivity contribution >= 4 is 17.6 Å². The van der Waals surface area contributed by atoms with Gasteiger partial charge in [0.05, 0.1) is 6.61 Å². The molecule has 0 saturated carbocycles. The minimum atomic E-state index is -0.0320. The first kappa shape index (κ1) is 23.3. The van der Waals surface area contributed by atoms with Crippen molar-refractivity contribution in [2.24, 2.45) is 5.92 Å². The standard InChI is InChI=1S/C27H40N2O3/c1-29-22-16-17-25(29)24-19-32-27(31)11-9-7-5-3-2-4-6-8-10-26(30)28-21-14-12-20(13-15-21)23(24)18-22/h12-15,22-25H,2-11,16-19H2,1H3,(H,28,30)/t22-,23+,24-,25+/m0/s1. The third-order valence-corrected chi connectivity index (χ3v) is 8.03. The smallest absolute Gasteiger partial charge is 0.305 e. The van der Waals surface area contributed by atoms with Crippen molar-refractivity contribution in [2.75, 3.05) is 19.0 Å². The molecule has 5 rings (SSSR count). The van der Waals surface area contributed by atoms with E-state index in [4.69, 9.17) is 4.74 Å². The van der Waals surface area contributed by atoms with Crippen LogP contribution in [0.15, 0.2) is 24.3 Å². The lowest BCUT2D eigenvalue weighted by Gasteiger charge is -2.43. The van der Waals surface area contributed by atoms with Gasteiger partial charge in [0.15, 0.2) is 0 Å². The van der Waals surface area contributed by atoms with E-state index < -0.39 is 0 Å². The Morgan fingerprint density at radius 1 is 0.875 bits per heavy atom. The first-order valence-corrected chi connectivity index (χ1v) is 12.9. The average molecular weight is 441 g/mol. The highest BCUT2D eigenvalue weighted by Crippen LogP contribution is 2.46. The Balaban J connectivity index is 1.47. The Kier molecular flexibility index (Phi) is 8.23. The van der Waals surface area contributed by atoms with E-state index in [1.807, 2.05) is 12.1 Å². The van der Waals surface area contributed by atoms with Crippen LogP contribution in [0.3, 0.4) is 0 Å². The molecular formula is C27H40N2O3. The summed E-state index contributed by atoms with van der Waals surface area (Å²) >= 11 is 0. The molecule has 5 nitrogen and oxygen atoms in total. The van der Waals surface area contributed by atoms with Crippen LogP contribution < -0.4 is 5.32 Å². The first-order valence-electron chi connectivity index (χ1n) is 12.9. The van der Waals surface area contributed by atoms with Crippen molar-refractivity contribution in [3.8, 4) is 0 Å². The van der Waals surface area contributed by atoms with Gasteiger partial charge >= 0.3 is 5.97 Å². The van der Waals surface area contributed by atoms with Crippen LogP contribution in [0.2, 0.25) is 0 Å². The van der Waals surface area contributed by atoms with Crippen molar-refractivity contribution in [1.82, 2.24) is 4.90 Å². The highest BCUT2D eigenvalue weighted by atomic mass is 16.5. The highest BCUT2D eigenvalue weighted by Gasteiger charge is 2.46. The van der Waals surface area contributed by atoms with Crippen molar-refractivity contribution in [2.45, 2.75) is 101 Å². The zero-order valence-electron chi connectivity index (χ0n) is 19.7. The number of ether oxygens (including phenoxy) is 1. The maximum Gasteiger partial charge on any atom is 0.305 e. The predicted molar refractivity (Wildman–Crippen MR) is 128 cm³/mol. The van der Waals surface area contributed by atoms with Gasteiger partial charge in [-0.15, -0.1) is 0 Å². The summed E-state index contributed by atoms with van der Waals surface area (Å²) in [5.41, 5.74) is 2.18. The number of benzene rings is 1. The number of hydrogen-bond acceptors (Lipinski definition) is 4. The largest absolute Gasteiger partial charge is 0.465 e. The van der Waals surface area contributed by atoms with Gasteiger partial charge in [0, 0.05) is 36.5 Å². The van der Waals surface area contributed by atoms with E-state index in [2.05, 4.69) is 29.4 Å². The van der Waals surface area contributed by atoms with Crippen LogP contribution in [0, 0.1) is 5.92 Å². The van der Waals surface area contributed by atoms with E-state index in [-0.39, 0.29) is 11.9 Å². The van der Waals surface area contributed by atoms with Crippen LogP contribution in [0.25, 0.3) is 0 Å². The van der Waals surface area contributed by atoms with Gasteiger partial charge in [-0.25, -0.2) is 0 Å². The van der Waals surface area contributed by atoms with Crippen LogP contribution in [0.4, 0.5) is 5.69 Å². The van der Waals surface area contributed by atoms with Crippen LogP contribution in [0.5, 0.6) is 0 Å². The molecule has 1 amide bonds. The Hall–Kier alpha value is -1.88. The van der Waals surface area contributed by atoms with Crippen molar-refractivity contribution in [3.63, 3.8) is 0 Å². The van der Waals surface area contributed by atoms with Gasteiger partial charge in [-0.3, -0.25) is 9.59 Å². The van der Waals surface area contributed by atoms with Gasteiger partial charge in [0.2, 0.25) is 5.91 Å². The second-order valence-electron chi connectivity index (χ2n) is 10.2. The van der Waals surface area contributed by atoms with Gasteiger partial charge in [0.1, 0.15) is 0 Å². The summed E-state index contributed by atoms with van der Waals surface area (Å²) in [7, 11) is 2.23. The number of hydrogen-bond donors (Lipinski definition) is 1. The Labute approximate surface area is 193 Å². The molecule has 2 saturated heterocycles. The third-order valence-electron chi connectivity index (χ3n) is 8.03. The molecule has 1 aromatic rings. The SMILES string of the molecule is CN1[C@H]2CC[C@@H]1[C@H]1COC(=O)CCCCCCCCCCC(=O)Nc3ccc(cc3)[C@H]1C2. The molecule has 176 valence electrons. The first-order chi connectivity index (χ1) is 15.6. The van der Waals surface area contributed by atoms with Gasteiger partial charge in [0.25, 0.3) is 0 Å². The van der Waals surface area contributed by atoms with E-state index in [1.54, 1.807) is 0 Å². The van der Waals surface area contributed by atoms with E-state index in [0.29, 0.717) is 43.4 Å². The topological polar surface area (TPSA) is 58.6 Å². The van der Waals surface area contributed by atoms with Crippen LogP contribution >= 0.6 is 0 Å². The number of piperidine rings is 1. The second kappa shape index (κ2) is 11.3. The molecule has 0 unspecified atom stereocenters. The van der Waals surface area contributed by atoms with Crippen molar-refractivity contribution in [3.05, 3.63) is 29.8 Å². The molecule has 0 radical (unpaired) electrons. The number of nitrogens with one attached hydrogen (secondary N) is 1. The lowest BCUT2D eigenvalue weighted by atomic mass is 9.76. The summed E-state index contributed by atoms with van der Waals surface area (Å²) in [6.45, 7) is 0.518. The normalized spacial score (nSPS) is 31.3. The van der Waals surface area contributed by atoms with E-state index in [1.165, 1.54) is 44.1 Å². The summed E-state index contributed by atoms with van der Waals surface area (Å²) in [6.07, 6.45) is 13.6. The lowest BCUT2D eigenvalue weighted by Crippen LogP contribution is -2.47. The molecular weight excluding hydrogens is 400 g/mol. The Bertz CT molecular complexity index is 763. The number of carbonyl (C=O) groups excluding carboxylic acids is 2. The van der Waals surface area contributed by atoms with E-state index >= 15 is 0 Å². The molecule has 1 aromatic carbocycles. The van der Waals surface area contributed by atoms with Crippen LogP contribution in [-0.2, 0) is 14.3 Å². The summed E-state index contributed by atoms with van der Waals surface area (Å²) in [5, 5.41) is 3.06.